The zero-order valence-corrected chi connectivity index (χ0v) is 10.3. The summed E-state index contributed by atoms with van der Waals surface area (Å²) in [6.45, 7) is 0. The first-order chi connectivity index (χ1) is 8.22. The van der Waals surface area contributed by atoms with E-state index in [2.05, 4.69) is 0 Å². The van der Waals surface area contributed by atoms with Crippen LogP contribution in [0.25, 0.3) is 0 Å². The maximum Gasteiger partial charge on any atom is 0.123 e. The lowest BCUT2D eigenvalue weighted by atomic mass is 9.92. The first-order valence-corrected chi connectivity index (χ1v) is 6.86. The van der Waals surface area contributed by atoms with E-state index in [1.165, 1.54) is 6.07 Å². The van der Waals surface area contributed by atoms with Crippen molar-refractivity contribution in [2.24, 2.45) is 10.7 Å². The first kappa shape index (κ1) is 11.2. The Labute approximate surface area is 104 Å². The summed E-state index contributed by atoms with van der Waals surface area (Å²) in [5.74, 6) is -0.197. The van der Waals surface area contributed by atoms with Gasteiger partial charge in [-0.25, -0.2) is 4.39 Å². The SMILES string of the molecule is NC1CCC2N=C(c3cccc(F)c3)SC2C1. The number of benzene rings is 1. The molecule has 0 radical (unpaired) electrons. The third kappa shape index (κ3) is 2.24. The van der Waals surface area contributed by atoms with Gasteiger partial charge in [0.2, 0.25) is 0 Å². The van der Waals surface area contributed by atoms with E-state index in [9.17, 15) is 4.39 Å². The van der Waals surface area contributed by atoms with Crippen molar-refractivity contribution in [1.82, 2.24) is 0 Å². The van der Waals surface area contributed by atoms with Gasteiger partial charge in [-0.15, -0.1) is 11.8 Å². The first-order valence-electron chi connectivity index (χ1n) is 5.98. The molecule has 3 atom stereocenters. The second-order valence-corrected chi connectivity index (χ2v) is 5.97. The molecule has 3 unspecified atom stereocenters. The van der Waals surface area contributed by atoms with Gasteiger partial charge in [-0.2, -0.15) is 0 Å². The van der Waals surface area contributed by atoms with Crippen LogP contribution in [0.2, 0.25) is 0 Å². The molecule has 4 heteroatoms. The van der Waals surface area contributed by atoms with Crippen LogP contribution in [-0.2, 0) is 0 Å². The average Bonchev–Trinajstić information content (AvgIpc) is 2.72. The van der Waals surface area contributed by atoms with Crippen molar-refractivity contribution < 1.29 is 4.39 Å². The normalized spacial score (nSPS) is 32.1. The highest BCUT2D eigenvalue weighted by atomic mass is 32.2. The largest absolute Gasteiger partial charge is 0.328 e. The number of hydrogen-bond acceptors (Lipinski definition) is 3. The van der Waals surface area contributed by atoms with Crippen molar-refractivity contribution in [3.63, 3.8) is 0 Å². The Balaban J connectivity index is 1.82. The summed E-state index contributed by atoms with van der Waals surface area (Å²) in [7, 11) is 0. The Bertz CT molecular complexity index is 460. The topological polar surface area (TPSA) is 38.4 Å². The summed E-state index contributed by atoms with van der Waals surface area (Å²) in [5.41, 5.74) is 6.88. The molecule has 17 heavy (non-hydrogen) atoms. The molecule has 1 aromatic carbocycles. The summed E-state index contributed by atoms with van der Waals surface area (Å²) in [4.78, 5) is 4.71. The second kappa shape index (κ2) is 4.42. The molecular weight excluding hydrogens is 235 g/mol. The standard InChI is InChI=1S/C13H15FN2S/c14-9-3-1-2-8(6-9)13-16-11-5-4-10(15)7-12(11)17-13/h1-3,6,10-12H,4-5,7,15H2. The molecular formula is C13H15FN2S. The molecule has 0 saturated heterocycles. The third-order valence-corrected chi connectivity index (χ3v) is 4.79. The van der Waals surface area contributed by atoms with Crippen LogP contribution in [0.3, 0.4) is 0 Å². The van der Waals surface area contributed by atoms with Gasteiger partial charge in [-0.1, -0.05) is 12.1 Å². The van der Waals surface area contributed by atoms with E-state index in [0.29, 0.717) is 17.3 Å². The van der Waals surface area contributed by atoms with Gasteiger partial charge in [0.25, 0.3) is 0 Å². The maximum atomic E-state index is 13.2. The smallest absolute Gasteiger partial charge is 0.123 e. The molecule has 1 aliphatic heterocycles. The second-order valence-electron chi connectivity index (χ2n) is 4.74. The molecule has 1 aromatic rings. The van der Waals surface area contributed by atoms with Gasteiger partial charge < -0.3 is 5.73 Å². The fraction of sp³-hybridized carbons (Fsp3) is 0.462. The molecule has 2 aliphatic rings. The van der Waals surface area contributed by atoms with Crippen molar-refractivity contribution in [1.29, 1.82) is 0 Å². The lowest BCUT2D eigenvalue weighted by molar-refractivity contribution is 0.412. The lowest BCUT2D eigenvalue weighted by Gasteiger charge is -2.27. The molecule has 0 aromatic heterocycles. The molecule has 3 rings (SSSR count). The zero-order valence-electron chi connectivity index (χ0n) is 9.47. The van der Waals surface area contributed by atoms with Crippen LogP contribution in [0.4, 0.5) is 4.39 Å². The van der Waals surface area contributed by atoms with Crippen molar-refractivity contribution in [3.8, 4) is 0 Å². The van der Waals surface area contributed by atoms with Crippen LogP contribution in [0.1, 0.15) is 24.8 Å². The number of nitrogens with zero attached hydrogens (tertiary/aromatic N) is 1. The summed E-state index contributed by atoms with van der Waals surface area (Å²) in [5, 5.41) is 1.48. The molecule has 1 aliphatic carbocycles. The summed E-state index contributed by atoms with van der Waals surface area (Å²) < 4.78 is 13.2. The quantitative estimate of drug-likeness (QED) is 0.832. The third-order valence-electron chi connectivity index (χ3n) is 3.42. The summed E-state index contributed by atoms with van der Waals surface area (Å²) >= 11 is 1.76. The van der Waals surface area contributed by atoms with Crippen LogP contribution in [0.5, 0.6) is 0 Å². The minimum absolute atomic E-state index is 0.197. The zero-order chi connectivity index (χ0) is 11.8. The van der Waals surface area contributed by atoms with Gasteiger partial charge >= 0.3 is 0 Å². The van der Waals surface area contributed by atoms with Crippen LogP contribution >= 0.6 is 11.8 Å². The number of thioether (sulfide) groups is 1. The van der Waals surface area contributed by atoms with E-state index in [4.69, 9.17) is 10.7 Å². The van der Waals surface area contributed by atoms with Gasteiger partial charge in [0.1, 0.15) is 5.82 Å². The van der Waals surface area contributed by atoms with E-state index in [0.717, 1.165) is 29.9 Å². The minimum atomic E-state index is -0.197. The van der Waals surface area contributed by atoms with E-state index in [1.54, 1.807) is 23.9 Å². The van der Waals surface area contributed by atoms with Crippen molar-refractivity contribution >= 4 is 16.8 Å². The molecule has 2 nitrogen and oxygen atoms in total. The fourth-order valence-corrected chi connectivity index (χ4v) is 3.95. The van der Waals surface area contributed by atoms with Crippen molar-refractivity contribution in [2.75, 3.05) is 0 Å². The Kier molecular flexibility index (Phi) is 2.92. The van der Waals surface area contributed by atoms with Gasteiger partial charge in [0.05, 0.1) is 11.1 Å². The number of rotatable bonds is 1. The van der Waals surface area contributed by atoms with Crippen molar-refractivity contribution in [2.45, 2.75) is 36.6 Å². The lowest BCUT2D eigenvalue weighted by Crippen LogP contribution is -2.35. The Morgan fingerprint density at radius 3 is 3.06 bits per heavy atom. The van der Waals surface area contributed by atoms with E-state index in [1.807, 2.05) is 6.07 Å². The van der Waals surface area contributed by atoms with E-state index >= 15 is 0 Å². The number of hydrogen-bond donors (Lipinski definition) is 1. The molecule has 1 saturated carbocycles. The van der Waals surface area contributed by atoms with Gasteiger partial charge in [-0.3, -0.25) is 4.99 Å². The number of nitrogens with two attached hydrogens (primary N) is 1. The fourth-order valence-electron chi connectivity index (χ4n) is 2.51. The molecule has 1 fully saturated rings. The monoisotopic (exact) mass is 250 g/mol. The van der Waals surface area contributed by atoms with Gasteiger partial charge in [0, 0.05) is 16.9 Å². The Hall–Kier alpha value is -0.870. The number of halogens is 1. The van der Waals surface area contributed by atoms with Crippen LogP contribution in [0, 0.1) is 5.82 Å². The summed E-state index contributed by atoms with van der Waals surface area (Å²) in [6, 6.07) is 7.38. The van der Waals surface area contributed by atoms with Crippen LogP contribution < -0.4 is 5.73 Å². The van der Waals surface area contributed by atoms with Crippen LogP contribution in [-0.4, -0.2) is 22.4 Å². The Morgan fingerprint density at radius 2 is 2.24 bits per heavy atom. The van der Waals surface area contributed by atoms with Gasteiger partial charge in [0.15, 0.2) is 0 Å². The van der Waals surface area contributed by atoms with Gasteiger partial charge in [-0.05, 0) is 31.4 Å². The van der Waals surface area contributed by atoms with E-state index < -0.39 is 0 Å². The Morgan fingerprint density at radius 1 is 1.35 bits per heavy atom. The molecule has 1 heterocycles. The number of fused-ring (bicyclic) bond motifs is 1. The van der Waals surface area contributed by atoms with Crippen molar-refractivity contribution in [3.05, 3.63) is 35.6 Å². The minimum Gasteiger partial charge on any atom is -0.328 e. The molecule has 0 spiro atoms. The number of aliphatic imine (C=N–C) groups is 1. The highest BCUT2D eigenvalue weighted by Gasteiger charge is 2.35. The van der Waals surface area contributed by atoms with E-state index in [-0.39, 0.29) is 5.82 Å². The average molecular weight is 250 g/mol. The predicted octanol–water partition coefficient (Wildman–Crippen LogP) is 2.57. The van der Waals surface area contributed by atoms with Crippen LogP contribution in [0.15, 0.2) is 29.3 Å². The molecule has 0 bridgehead atoms. The predicted molar refractivity (Wildman–Crippen MR) is 69.9 cm³/mol. The molecule has 0 amide bonds. The highest BCUT2D eigenvalue weighted by molar-refractivity contribution is 8.15. The maximum absolute atomic E-state index is 13.2. The summed E-state index contributed by atoms with van der Waals surface area (Å²) in [6.07, 6.45) is 3.15. The highest BCUT2D eigenvalue weighted by Crippen LogP contribution is 2.38. The molecule has 90 valence electrons. The molecule has 2 N–H and O–H groups in total.